The average molecular weight is 242 g/mol. The molecule has 0 aliphatic rings. The summed E-state index contributed by atoms with van der Waals surface area (Å²) in [6.45, 7) is 4.08. The summed E-state index contributed by atoms with van der Waals surface area (Å²) in [5.41, 5.74) is 6.55. The molecule has 0 saturated heterocycles. The number of hydrogen-bond donors (Lipinski definition) is 1. The lowest BCUT2D eigenvalue weighted by Gasteiger charge is -2.16. The van der Waals surface area contributed by atoms with Gasteiger partial charge in [0.25, 0.3) is 0 Å². The van der Waals surface area contributed by atoms with Gasteiger partial charge in [-0.1, -0.05) is 19.1 Å². The molecule has 1 rings (SSSR count). The van der Waals surface area contributed by atoms with Crippen LogP contribution in [0, 0.1) is 0 Å². The lowest BCUT2D eigenvalue weighted by atomic mass is 10.1. The third-order valence-corrected chi connectivity index (χ3v) is 4.47. The van der Waals surface area contributed by atoms with Crippen molar-refractivity contribution in [2.24, 2.45) is 5.73 Å². The van der Waals surface area contributed by atoms with Crippen LogP contribution in [0.2, 0.25) is 0 Å². The highest BCUT2D eigenvalue weighted by Crippen LogP contribution is 2.18. The van der Waals surface area contributed by atoms with Gasteiger partial charge >= 0.3 is 0 Å². The molecule has 2 N–H and O–H groups in total. The van der Waals surface area contributed by atoms with Gasteiger partial charge in [0, 0.05) is 19.6 Å². The van der Waals surface area contributed by atoms with Crippen LogP contribution in [-0.2, 0) is 10.0 Å². The molecule has 1 aromatic rings. The highest BCUT2D eigenvalue weighted by molar-refractivity contribution is 7.89. The van der Waals surface area contributed by atoms with Crippen molar-refractivity contribution >= 4 is 10.0 Å². The van der Waals surface area contributed by atoms with E-state index in [1.54, 1.807) is 32.2 Å². The maximum Gasteiger partial charge on any atom is 0.242 e. The number of nitrogens with zero attached hydrogens (tertiary/aromatic N) is 1. The SMILES string of the molecule is CCN(C)S(=O)(=O)c1cccc(C(C)N)c1. The van der Waals surface area contributed by atoms with Crippen molar-refractivity contribution < 1.29 is 8.42 Å². The Hall–Kier alpha value is -0.910. The fourth-order valence-corrected chi connectivity index (χ4v) is 2.54. The van der Waals surface area contributed by atoms with Crippen LogP contribution in [0.1, 0.15) is 25.5 Å². The molecule has 90 valence electrons. The lowest BCUT2D eigenvalue weighted by Crippen LogP contribution is -2.26. The van der Waals surface area contributed by atoms with E-state index in [2.05, 4.69) is 0 Å². The number of hydrogen-bond acceptors (Lipinski definition) is 3. The van der Waals surface area contributed by atoms with Crippen LogP contribution in [0.5, 0.6) is 0 Å². The van der Waals surface area contributed by atoms with E-state index < -0.39 is 10.0 Å². The molecule has 0 amide bonds. The molecular formula is C11H18N2O2S. The molecule has 0 radical (unpaired) electrons. The van der Waals surface area contributed by atoms with E-state index >= 15 is 0 Å². The number of nitrogens with two attached hydrogens (primary N) is 1. The maximum absolute atomic E-state index is 12.0. The van der Waals surface area contributed by atoms with Crippen LogP contribution < -0.4 is 5.73 Å². The highest BCUT2D eigenvalue weighted by atomic mass is 32.2. The molecule has 5 heteroatoms. The Balaban J connectivity index is 3.19. The normalized spacial score (nSPS) is 14.1. The molecule has 0 saturated carbocycles. The minimum atomic E-state index is -3.37. The summed E-state index contributed by atoms with van der Waals surface area (Å²) in [5.74, 6) is 0. The van der Waals surface area contributed by atoms with Crippen molar-refractivity contribution in [3.05, 3.63) is 29.8 Å². The summed E-state index contributed by atoms with van der Waals surface area (Å²) in [4.78, 5) is 0.298. The van der Waals surface area contributed by atoms with Gasteiger partial charge in [-0.3, -0.25) is 0 Å². The molecular weight excluding hydrogens is 224 g/mol. The lowest BCUT2D eigenvalue weighted by molar-refractivity contribution is 0.486. The van der Waals surface area contributed by atoms with Crippen LogP contribution in [0.4, 0.5) is 0 Å². The van der Waals surface area contributed by atoms with Gasteiger partial charge in [-0.15, -0.1) is 0 Å². The minimum Gasteiger partial charge on any atom is -0.324 e. The van der Waals surface area contributed by atoms with Crippen molar-refractivity contribution in [1.82, 2.24) is 4.31 Å². The van der Waals surface area contributed by atoms with Crippen molar-refractivity contribution in [2.45, 2.75) is 24.8 Å². The Morgan fingerprint density at radius 2 is 2.06 bits per heavy atom. The third kappa shape index (κ3) is 2.61. The van der Waals surface area contributed by atoms with Crippen LogP contribution in [0.3, 0.4) is 0 Å². The first-order valence-electron chi connectivity index (χ1n) is 5.21. The summed E-state index contributed by atoms with van der Waals surface area (Å²) in [7, 11) is -1.80. The topological polar surface area (TPSA) is 63.4 Å². The second-order valence-corrected chi connectivity index (χ2v) is 5.83. The number of rotatable bonds is 4. The third-order valence-electron chi connectivity index (χ3n) is 2.54. The molecule has 0 heterocycles. The maximum atomic E-state index is 12.0. The molecule has 0 aliphatic carbocycles. The van der Waals surface area contributed by atoms with Gasteiger partial charge in [0.05, 0.1) is 4.90 Å². The fourth-order valence-electron chi connectivity index (χ4n) is 1.31. The average Bonchev–Trinajstić information content (AvgIpc) is 2.28. The zero-order valence-corrected chi connectivity index (χ0v) is 10.7. The fraction of sp³-hybridized carbons (Fsp3) is 0.455. The Kier molecular flexibility index (Phi) is 4.07. The van der Waals surface area contributed by atoms with Crippen molar-refractivity contribution in [3.63, 3.8) is 0 Å². The summed E-state index contributed by atoms with van der Waals surface area (Å²) < 4.78 is 25.4. The summed E-state index contributed by atoms with van der Waals surface area (Å²) in [6.07, 6.45) is 0. The molecule has 1 atom stereocenters. The predicted molar refractivity (Wildman–Crippen MR) is 64.5 cm³/mol. The molecule has 1 aromatic carbocycles. The predicted octanol–water partition coefficient (Wildman–Crippen LogP) is 1.35. The van der Waals surface area contributed by atoms with Gasteiger partial charge in [-0.2, -0.15) is 0 Å². The monoisotopic (exact) mass is 242 g/mol. The van der Waals surface area contributed by atoms with E-state index in [1.807, 2.05) is 13.0 Å². The van der Waals surface area contributed by atoms with E-state index in [4.69, 9.17) is 5.73 Å². The van der Waals surface area contributed by atoms with E-state index in [9.17, 15) is 8.42 Å². The molecule has 0 aliphatic heterocycles. The Morgan fingerprint density at radius 1 is 1.44 bits per heavy atom. The summed E-state index contributed by atoms with van der Waals surface area (Å²) in [5, 5.41) is 0. The largest absolute Gasteiger partial charge is 0.324 e. The van der Waals surface area contributed by atoms with Gasteiger partial charge in [0.15, 0.2) is 0 Å². The number of sulfonamides is 1. The zero-order valence-electron chi connectivity index (χ0n) is 9.84. The molecule has 0 bridgehead atoms. The van der Waals surface area contributed by atoms with Crippen LogP contribution in [-0.4, -0.2) is 26.3 Å². The van der Waals surface area contributed by atoms with Gasteiger partial charge < -0.3 is 5.73 Å². The van der Waals surface area contributed by atoms with E-state index in [0.717, 1.165) is 5.56 Å². The van der Waals surface area contributed by atoms with E-state index in [1.165, 1.54) is 4.31 Å². The van der Waals surface area contributed by atoms with Crippen LogP contribution >= 0.6 is 0 Å². The summed E-state index contributed by atoms with van der Waals surface area (Å²) in [6, 6.07) is 6.60. The molecule has 0 fully saturated rings. The minimum absolute atomic E-state index is 0.165. The Bertz CT molecular complexity index is 455. The smallest absolute Gasteiger partial charge is 0.242 e. The second-order valence-electron chi connectivity index (χ2n) is 3.78. The van der Waals surface area contributed by atoms with Gasteiger partial charge in [-0.25, -0.2) is 12.7 Å². The molecule has 0 spiro atoms. The number of benzene rings is 1. The molecule has 4 nitrogen and oxygen atoms in total. The van der Waals surface area contributed by atoms with E-state index in [0.29, 0.717) is 11.4 Å². The quantitative estimate of drug-likeness (QED) is 0.866. The highest BCUT2D eigenvalue weighted by Gasteiger charge is 2.19. The van der Waals surface area contributed by atoms with Crippen molar-refractivity contribution in [2.75, 3.05) is 13.6 Å². The summed E-state index contributed by atoms with van der Waals surface area (Å²) >= 11 is 0. The van der Waals surface area contributed by atoms with Crippen molar-refractivity contribution in [1.29, 1.82) is 0 Å². The zero-order chi connectivity index (χ0) is 12.3. The van der Waals surface area contributed by atoms with Crippen LogP contribution in [0.25, 0.3) is 0 Å². The first-order chi connectivity index (χ1) is 7.39. The molecule has 16 heavy (non-hydrogen) atoms. The molecule has 0 aromatic heterocycles. The molecule has 1 unspecified atom stereocenters. The Labute approximate surface area is 97.1 Å². The second kappa shape index (κ2) is 4.95. The van der Waals surface area contributed by atoms with E-state index in [-0.39, 0.29) is 6.04 Å². The first kappa shape index (κ1) is 13.2. The Morgan fingerprint density at radius 3 is 2.56 bits per heavy atom. The first-order valence-corrected chi connectivity index (χ1v) is 6.65. The van der Waals surface area contributed by atoms with Crippen molar-refractivity contribution in [3.8, 4) is 0 Å². The standard InChI is InChI=1S/C11H18N2O2S/c1-4-13(3)16(14,15)11-7-5-6-10(8-11)9(2)12/h5-9H,4,12H2,1-3H3. The van der Waals surface area contributed by atoms with Gasteiger partial charge in [0.2, 0.25) is 10.0 Å². The van der Waals surface area contributed by atoms with Crippen LogP contribution in [0.15, 0.2) is 29.2 Å². The van der Waals surface area contributed by atoms with Gasteiger partial charge in [-0.05, 0) is 24.6 Å². The van der Waals surface area contributed by atoms with Gasteiger partial charge in [0.1, 0.15) is 0 Å².